The van der Waals surface area contributed by atoms with E-state index < -0.39 is 12.5 Å². The number of rotatable bonds is 2. The van der Waals surface area contributed by atoms with Crippen LogP contribution in [0.4, 0.5) is 8.78 Å². The van der Waals surface area contributed by atoms with Gasteiger partial charge in [-0.3, -0.25) is 4.79 Å². The molecule has 0 aliphatic carbocycles. The van der Waals surface area contributed by atoms with Crippen LogP contribution in [0.5, 0.6) is 0 Å². The summed E-state index contributed by atoms with van der Waals surface area (Å²) in [4.78, 5) is 10.2. The van der Waals surface area contributed by atoms with Crippen LogP contribution in [0.15, 0.2) is 18.2 Å². The highest BCUT2D eigenvalue weighted by atomic mass is 19.1. The summed E-state index contributed by atoms with van der Waals surface area (Å²) in [6.45, 7) is -0.814. The summed E-state index contributed by atoms with van der Waals surface area (Å²) < 4.78 is 24.7. The van der Waals surface area contributed by atoms with Gasteiger partial charge in [-0.2, -0.15) is 0 Å². The predicted octanol–water partition coefficient (Wildman–Crippen LogP) is 2.11. The number of aldehydes is 1. The van der Waals surface area contributed by atoms with Crippen LogP contribution in [-0.4, -0.2) is 6.29 Å². The highest BCUT2D eigenvalue weighted by Crippen LogP contribution is 2.11. The molecule has 11 heavy (non-hydrogen) atoms. The van der Waals surface area contributed by atoms with Crippen LogP contribution >= 0.6 is 0 Å². The van der Waals surface area contributed by atoms with Crippen LogP contribution in [0.1, 0.15) is 15.9 Å². The van der Waals surface area contributed by atoms with Gasteiger partial charge in [0.1, 0.15) is 12.5 Å². The lowest BCUT2D eigenvalue weighted by Crippen LogP contribution is -1.93. The van der Waals surface area contributed by atoms with Crippen molar-refractivity contribution < 1.29 is 13.6 Å². The van der Waals surface area contributed by atoms with E-state index in [4.69, 9.17) is 0 Å². The van der Waals surface area contributed by atoms with E-state index in [0.29, 0.717) is 6.29 Å². The molecule has 1 aromatic rings. The molecule has 0 saturated carbocycles. The van der Waals surface area contributed by atoms with Gasteiger partial charge in [0.2, 0.25) is 0 Å². The molecule has 0 radical (unpaired) electrons. The van der Waals surface area contributed by atoms with Crippen molar-refractivity contribution in [2.45, 2.75) is 6.67 Å². The zero-order valence-electron chi connectivity index (χ0n) is 5.68. The SMILES string of the molecule is O=Cc1c(F)cccc1CF. The number of hydrogen-bond donors (Lipinski definition) is 0. The molecule has 0 aromatic heterocycles. The largest absolute Gasteiger partial charge is 0.298 e. The van der Waals surface area contributed by atoms with E-state index in [-0.39, 0.29) is 11.1 Å². The van der Waals surface area contributed by atoms with Crippen LogP contribution in [0, 0.1) is 5.82 Å². The van der Waals surface area contributed by atoms with E-state index in [1.807, 2.05) is 0 Å². The zero-order valence-corrected chi connectivity index (χ0v) is 5.68. The van der Waals surface area contributed by atoms with Crippen molar-refractivity contribution in [3.8, 4) is 0 Å². The van der Waals surface area contributed by atoms with Crippen molar-refractivity contribution in [3.05, 3.63) is 35.1 Å². The molecule has 0 atom stereocenters. The highest BCUT2D eigenvalue weighted by molar-refractivity contribution is 5.77. The minimum Gasteiger partial charge on any atom is -0.298 e. The summed E-state index contributed by atoms with van der Waals surface area (Å²) in [7, 11) is 0. The summed E-state index contributed by atoms with van der Waals surface area (Å²) >= 11 is 0. The molecule has 0 amide bonds. The van der Waals surface area contributed by atoms with Gasteiger partial charge in [0.05, 0.1) is 5.56 Å². The molecular formula is C8H6F2O. The van der Waals surface area contributed by atoms with Gasteiger partial charge in [-0.1, -0.05) is 12.1 Å². The van der Waals surface area contributed by atoms with Crippen LogP contribution < -0.4 is 0 Å². The van der Waals surface area contributed by atoms with Gasteiger partial charge in [0.15, 0.2) is 6.29 Å². The Bertz CT molecular complexity index is 271. The molecule has 0 unspecified atom stereocenters. The van der Waals surface area contributed by atoms with E-state index in [9.17, 15) is 13.6 Å². The van der Waals surface area contributed by atoms with E-state index >= 15 is 0 Å². The summed E-state index contributed by atoms with van der Waals surface area (Å²) in [6.07, 6.45) is 0.324. The second kappa shape index (κ2) is 3.23. The maximum atomic E-state index is 12.6. The van der Waals surface area contributed by atoms with Crippen LogP contribution in [0.3, 0.4) is 0 Å². The van der Waals surface area contributed by atoms with Gasteiger partial charge in [-0.05, 0) is 11.6 Å². The van der Waals surface area contributed by atoms with Gasteiger partial charge in [0.25, 0.3) is 0 Å². The first-order valence-electron chi connectivity index (χ1n) is 3.08. The summed E-state index contributed by atoms with van der Waals surface area (Å²) in [5.41, 5.74) is -0.0880. The normalized spacial score (nSPS) is 9.64. The smallest absolute Gasteiger partial charge is 0.153 e. The van der Waals surface area contributed by atoms with Crippen LogP contribution in [0.2, 0.25) is 0 Å². The van der Waals surface area contributed by atoms with E-state index in [1.165, 1.54) is 12.1 Å². The van der Waals surface area contributed by atoms with Gasteiger partial charge in [-0.25, -0.2) is 8.78 Å². The molecule has 0 saturated heterocycles. The van der Waals surface area contributed by atoms with E-state index in [1.54, 1.807) is 0 Å². The van der Waals surface area contributed by atoms with Crippen molar-refractivity contribution in [3.63, 3.8) is 0 Å². The highest BCUT2D eigenvalue weighted by Gasteiger charge is 2.05. The Kier molecular flexibility index (Phi) is 2.31. The minimum atomic E-state index is -0.814. The van der Waals surface area contributed by atoms with Gasteiger partial charge >= 0.3 is 0 Å². The molecule has 0 N–H and O–H groups in total. The Balaban J connectivity index is 3.24. The lowest BCUT2D eigenvalue weighted by atomic mass is 10.1. The average Bonchev–Trinajstić information content (AvgIpc) is 2.04. The van der Waals surface area contributed by atoms with Crippen molar-refractivity contribution in [2.75, 3.05) is 0 Å². The summed E-state index contributed by atoms with van der Waals surface area (Å²) in [5.74, 6) is -0.671. The van der Waals surface area contributed by atoms with Gasteiger partial charge < -0.3 is 0 Å². The summed E-state index contributed by atoms with van der Waals surface area (Å²) in [6, 6.07) is 3.88. The zero-order chi connectivity index (χ0) is 8.27. The first kappa shape index (κ1) is 7.85. The van der Waals surface area contributed by atoms with Crippen LogP contribution in [-0.2, 0) is 6.67 Å². The Hall–Kier alpha value is -1.25. The Morgan fingerprint density at radius 1 is 1.45 bits per heavy atom. The molecule has 58 valence electrons. The number of carbonyl (C=O) groups excluding carboxylic acids is 1. The quantitative estimate of drug-likeness (QED) is 0.599. The molecule has 0 heterocycles. The van der Waals surface area contributed by atoms with Gasteiger partial charge in [0, 0.05) is 0 Å². The molecule has 0 bridgehead atoms. The molecule has 1 rings (SSSR count). The Labute approximate surface area is 62.7 Å². The number of halogens is 2. The third-order valence-electron chi connectivity index (χ3n) is 1.41. The molecule has 1 nitrogen and oxygen atoms in total. The third kappa shape index (κ3) is 1.42. The molecule has 0 aliphatic heterocycles. The molecule has 3 heteroatoms. The second-order valence-electron chi connectivity index (χ2n) is 2.06. The topological polar surface area (TPSA) is 17.1 Å². The molecular weight excluding hydrogens is 150 g/mol. The number of carbonyl (C=O) groups is 1. The Morgan fingerprint density at radius 3 is 2.64 bits per heavy atom. The fraction of sp³-hybridized carbons (Fsp3) is 0.125. The predicted molar refractivity (Wildman–Crippen MR) is 36.6 cm³/mol. The van der Waals surface area contributed by atoms with E-state index in [0.717, 1.165) is 6.07 Å². The maximum absolute atomic E-state index is 12.6. The third-order valence-corrected chi connectivity index (χ3v) is 1.41. The van der Waals surface area contributed by atoms with Crippen molar-refractivity contribution in [1.29, 1.82) is 0 Å². The first-order valence-corrected chi connectivity index (χ1v) is 3.08. The number of benzene rings is 1. The number of hydrogen-bond acceptors (Lipinski definition) is 1. The Morgan fingerprint density at radius 2 is 2.18 bits per heavy atom. The standard InChI is InChI=1S/C8H6F2O/c9-4-6-2-1-3-8(10)7(6)5-11/h1-3,5H,4H2. The van der Waals surface area contributed by atoms with Crippen LogP contribution in [0.25, 0.3) is 0 Å². The summed E-state index contributed by atoms with van der Waals surface area (Å²) in [5, 5.41) is 0. The van der Waals surface area contributed by atoms with E-state index in [2.05, 4.69) is 0 Å². The molecule has 0 spiro atoms. The second-order valence-corrected chi connectivity index (χ2v) is 2.06. The molecule has 1 aromatic carbocycles. The van der Waals surface area contributed by atoms with Crippen molar-refractivity contribution in [1.82, 2.24) is 0 Å². The first-order chi connectivity index (χ1) is 5.29. The number of alkyl halides is 1. The minimum absolute atomic E-state index is 0.0972. The average molecular weight is 156 g/mol. The van der Waals surface area contributed by atoms with Crippen molar-refractivity contribution in [2.24, 2.45) is 0 Å². The van der Waals surface area contributed by atoms with Crippen molar-refractivity contribution >= 4 is 6.29 Å². The lowest BCUT2D eigenvalue weighted by Gasteiger charge is -1.98. The lowest BCUT2D eigenvalue weighted by molar-refractivity contribution is 0.111. The maximum Gasteiger partial charge on any atom is 0.153 e. The molecule has 0 aliphatic rings. The fourth-order valence-corrected chi connectivity index (χ4v) is 0.830. The monoisotopic (exact) mass is 156 g/mol. The molecule has 0 fully saturated rings. The fourth-order valence-electron chi connectivity index (χ4n) is 0.830. The van der Waals surface area contributed by atoms with Gasteiger partial charge in [-0.15, -0.1) is 0 Å².